The first-order valence-corrected chi connectivity index (χ1v) is 6.85. The summed E-state index contributed by atoms with van der Waals surface area (Å²) in [6, 6.07) is -2.83. The third kappa shape index (κ3) is 5.98. The van der Waals surface area contributed by atoms with Crippen molar-refractivity contribution in [3.8, 4) is 0 Å². The lowest BCUT2D eigenvalue weighted by Gasteiger charge is -2.40. The van der Waals surface area contributed by atoms with Gasteiger partial charge in [0.1, 0.15) is 0 Å². The van der Waals surface area contributed by atoms with Gasteiger partial charge in [-0.1, -0.05) is 5.23 Å². The van der Waals surface area contributed by atoms with Crippen molar-refractivity contribution >= 4 is 0 Å². The largest absolute Gasteiger partial charge is 0.381 e. The minimum atomic E-state index is -0.893. The van der Waals surface area contributed by atoms with Crippen LogP contribution in [0.5, 0.6) is 0 Å². The normalized spacial score (nSPS) is 18.0. The molecule has 0 bridgehead atoms. The van der Waals surface area contributed by atoms with E-state index in [1.165, 1.54) is 16.7 Å². The number of hydrogen-bond donors (Lipinski definition) is 8. The molecule has 0 radical (unpaired) electrons. The summed E-state index contributed by atoms with van der Waals surface area (Å²) < 4.78 is 0. The van der Waals surface area contributed by atoms with E-state index < -0.39 is 51.1 Å². The van der Waals surface area contributed by atoms with E-state index in [2.05, 4.69) is 0 Å². The lowest BCUT2D eigenvalue weighted by molar-refractivity contribution is -0.335. The molecule has 0 spiro atoms. The molecule has 11 heteroatoms. The first kappa shape index (κ1) is 21.6. The molecule has 0 heterocycles. The number of aliphatic hydroxyl groups is 4. The summed E-state index contributed by atoms with van der Waals surface area (Å²) in [6.45, 7) is 1.21. The summed E-state index contributed by atoms with van der Waals surface area (Å²) in [6.07, 6.45) is 0.0775. The maximum absolute atomic E-state index is 9.34. The predicted octanol–water partition coefficient (Wildman–Crippen LogP) is -2.65. The summed E-state index contributed by atoms with van der Waals surface area (Å²) in [7, 11) is 0. The van der Waals surface area contributed by atoms with E-state index in [1.54, 1.807) is 6.92 Å². The van der Waals surface area contributed by atoms with Crippen LogP contribution in [0.15, 0.2) is 0 Å². The third-order valence-corrected chi connectivity index (χ3v) is 3.94. The van der Waals surface area contributed by atoms with Gasteiger partial charge in [-0.15, -0.1) is 0 Å². The van der Waals surface area contributed by atoms with E-state index in [0.29, 0.717) is 0 Å². The minimum absolute atomic E-state index is 0.0618. The van der Waals surface area contributed by atoms with E-state index in [4.69, 9.17) is 10.4 Å². The van der Waals surface area contributed by atoms with Gasteiger partial charge in [-0.3, -0.25) is 20.2 Å². The highest BCUT2D eigenvalue weighted by Gasteiger charge is 2.33. The van der Waals surface area contributed by atoms with Gasteiger partial charge >= 0.3 is 0 Å². The maximum Gasteiger partial charge on any atom is 0.0977 e. The van der Waals surface area contributed by atoms with Crippen LogP contribution in [0.1, 0.15) is 20.3 Å². The Morgan fingerprint density at radius 3 is 1.59 bits per heavy atom. The summed E-state index contributed by atoms with van der Waals surface area (Å²) in [5.41, 5.74) is 1.95. The number of rotatable bonds is 12. The minimum Gasteiger partial charge on any atom is -0.381 e. The molecule has 22 heavy (non-hydrogen) atoms. The van der Waals surface area contributed by atoms with E-state index in [0.717, 1.165) is 0 Å². The second-order valence-corrected chi connectivity index (χ2v) is 5.08. The van der Waals surface area contributed by atoms with Gasteiger partial charge < -0.3 is 25.6 Å². The number of aliphatic hydroxyl groups excluding tert-OH is 4. The number of hydrogen-bond acceptors (Lipinski definition) is 11. The lowest BCUT2D eigenvalue weighted by Crippen LogP contribution is -2.56. The van der Waals surface area contributed by atoms with E-state index >= 15 is 0 Å². The Balaban J connectivity index is 5.22. The van der Waals surface area contributed by atoms with Crippen LogP contribution in [0, 0.1) is 0 Å². The fraction of sp³-hybridized carbons (Fsp3) is 1.00. The average molecular weight is 328 g/mol. The molecule has 0 aliphatic rings. The van der Waals surface area contributed by atoms with Gasteiger partial charge in [0.15, 0.2) is 0 Å². The molecule has 0 aromatic rings. The van der Waals surface area contributed by atoms with Crippen LogP contribution >= 0.6 is 0 Å². The molecule has 0 fully saturated rings. The van der Waals surface area contributed by atoms with E-state index in [1.807, 2.05) is 5.48 Å². The molecule has 0 aliphatic carbocycles. The van der Waals surface area contributed by atoms with Crippen LogP contribution in [-0.2, 0) is 0 Å². The Labute approximate surface area is 129 Å². The van der Waals surface area contributed by atoms with Crippen molar-refractivity contribution in [1.29, 1.82) is 0 Å². The summed E-state index contributed by atoms with van der Waals surface area (Å²) in [5, 5.41) is 64.4. The SMILES string of the molecule is CC(C(CC(C(C)N(CO)CO)N(CO)CO)NO)N(O)O. The molecule has 0 aromatic carbocycles. The van der Waals surface area contributed by atoms with Crippen molar-refractivity contribution in [2.75, 3.05) is 26.9 Å². The zero-order valence-electron chi connectivity index (χ0n) is 12.8. The van der Waals surface area contributed by atoms with Crippen LogP contribution in [0.25, 0.3) is 0 Å². The Kier molecular flexibility index (Phi) is 10.9. The fourth-order valence-corrected chi connectivity index (χ4v) is 2.23. The predicted molar refractivity (Wildman–Crippen MR) is 73.5 cm³/mol. The second kappa shape index (κ2) is 11.2. The molecular weight excluding hydrogens is 300 g/mol. The topological polar surface area (TPSA) is 163 Å². The third-order valence-electron chi connectivity index (χ3n) is 3.94. The molecule has 4 unspecified atom stereocenters. The molecule has 0 aliphatic heterocycles. The zero-order valence-corrected chi connectivity index (χ0v) is 12.8. The summed E-state index contributed by atoms with van der Waals surface area (Å²) >= 11 is 0. The van der Waals surface area contributed by atoms with Crippen LogP contribution in [0.2, 0.25) is 0 Å². The molecule has 0 aromatic heterocycles. The fourth-order valence-electron chi connectivity index (χ4n) is 2.23. The van der Waals surface area contributed by atoms with Gasteiger partial charge in [0, 0.05) is 12.1 Å². The van der Waals surface area contributed by atoms with Gasteiger partial charge in [0.25, 0.3) is 0 Å². The van der Waals surface area contributed by atoms with Gasteiger partial charge in [-0.05, 0) is 20.3 Å². The highest BCUT2D eigenvalue weighted by molar-refractivity contribution is 4.87. The first-order valence-electron chi connectivity index (χ1n) is 6.85. The van der Waals surface area contributed by atoms with Gasteiger partial charge in [0.2, 0.25) is 0 Å². The number of nitrogens with zero attached hydrogens (tertiary/aromatic N) is 3. The van der Waals surface area contributed by atoms with Crippen molar-refractivity contribution in [3.05, 3.63) is 0 Å². The van der Waals surface area contributed by atoms with Crippen molar-refractivity contribution in [2.24, 2.45) is 0 Å². The smallest absolute Gasteiger partial charge is 0.0977 e. The zero-order chi connectivity index (χ0) is 17.3. The molecule has 134 valence electrons. The molecule has 0 amide bonds. The van der Waals surface area contributed by atoms with Crippen LogP contribution in [0.4, 0.5) is 0 Å². The molecule has 0 saturated heterocycles. The maximum atomic E-state index is 9.34. The van der Waals surface area contributed by atoms with Crippen molar-refractivity contribution in [1.82, 2.24) is 20.5 Å². The van der Waals surface area contributed by atoms with Crippen molar-refractivity contribution < 1.29 is 36.0 Å². The summed E-state index contributed by atoms with van der Waals surface area (Å²) in [5.74, 6) is 0. The lowest BCUT2D eigenvalue weighted by atomic mass is 9.95. The van der Waals surface area contributed by atoms with Crippen LogP contribution in [-0.4, -0.2) is 102 Å². The van der Waals surface area contributed by atoms with Crippen LogP contribution in [0.3, 0.4) is 0 Å². The quantitative estimate of drug-likeness (QED) is 0.139. The molecular formula is C11H28N4O7. The molecule has 8 N–H and O–H groups in total. The molecule has 0 rings (SSSR count). The van der Waals surface area contributed by atoms with Gasteiger partial charge in [-0.2, -0.15) is 0 Å². The highest BCUT2D eigenvalue weighted by atomic mass is 16.8. The Bertz CT molecular complexity index is 279. The average Bonchev–Trinajstić information content (AvgIpc) is 2.51. The first-order chi connectivity index (χ1) is 10.4. The van der Waals surface area contributed by atoms with E-state index in [9.17, 15) is 25.6 Å². The van der Waals surface area contributed by atoms with Crippen LogP contribution < -0.4 is 5.48 Å². The van der Waals surface area contributed by atoms with Crippen molar-refractivity contribution in [3.63, 3.8) is 0 Å². The Morgan fingerprint density at radius 1 is 0.818 bits per heavy atom. The molecule has 4 atom stereocenters. The molecule has 0 saturated carbocycles. The van der Waals surface area contributed by atoms with Gasteiger partial charge in [0.05, 0.1) is 39.0 Å². The standard InChI is InChI=1S/C11H28N4O7/c1-8(15(21)22)10(12-20)3-11(14(6-18)7-19)9(2)13(4-16)5-17/h8-12,16-22H,3-7H2,1-2H3. The Morgan fingerprint density at radius 2 is 1.27 bits per heavy atom. The van der Waals surface area contributed by atoms with Crippen molar-refractivity contribution in [2.45, 2.75) is 44.4 Å². The van der Waals surface area contributed by atoms with Gasteiger partial charge in [-0.25, -0.2) is 5.48 Å². The molecule has 11 nitrogen and oxygen atoms in total. The second-order valence-electron chi connectivity index (χ2n) is 5.08. The van der Waals surface area contributed by atoms with E-state index in [-0.39, 0.29) is 11.6 Å². The summed E-state index contributed by atoms with van der Waals surface area (Å²) in [4.78, 5) is 2.52. The number of nitrogens with one attached hydrogen (secondary N) is 1. The monoisotopic (exact) mass is 328 g/mol. The number of hydroxylamine groups is 3. The highest BCUT2D eigenvalue weighted by Crippen LogP contribution is 2.18. The Hall–Kier alpha value is -0.440.